The lowest BCUT2D eigenvalue weighted by molar-refractivity contribution is -0.140. The summed E-state index contributed by atoms with van der Waals surface area (Å²) in [5, 5.41) is 10.8. The minimum Gasteiger partial charge on any atom is -0.390 e. The molecule has 1 heterocycles. The number of hydrogen-bond acceptors (Lipinski definition) is 3. The Kier molecular flexibility index (Phi) is 3.67. The largest absolute Gasteiger partial charge is 0.390 e. The molecule has 4 nitrogen and oxygen atoms in total. The van der Waals surface area contributed by atoms with Crippen molar-refractivity contribution in [3.63, 3.8) is 0 Å². The third kappa shape index (κ3) is 1.96. The highest BCUT2D eigenvalue weighted by Crippen LogP contribution is 2.64. The van der Waals surface area contributed by atoms with E-state index in [9.17, 15) is 9.90 Å². The summed E-state index contributed by atoms with van der Waals surface area (Å²) in [5.41, 5.74) is 0.0637. The molecule has 1 N–H and O–H groups in total. The number of methoxy groups -OCH3 is 1. The van der Waals surface area contributed by atoms with E-state index in [-0.39, 0.29) is 28.9 Å². The molecule has 0 aromatic carbocycles. The van der Waals surface area contributed by atoms with Gasteiger partial charge in [0.15, 0.2) is 0 Å². The zero-order valence-corrected chi connectivity index (χ0v) is 15.4. The average molecular weight is 333 g/mol. The zero-order chi connectivity index (χ0) is 17.3. The van der Waals surface area contributed by atoms with Crippen molar-refractivity contribution in [3.8, 4) is 0 Å². The maximum absolute atomic E-state index is 12.1. The van der Waals surface area contributed by atoms with Crippen LogP contribution < -0.4 is 0 Å². The highest BCUT2D eigenvalue weighted by Gasteiger charge is 2.62. The predicted octanol–water partition coefficient (Wildman–Crippen LogP) is 2.61. The molecule has 4 aliphatic rings. The van der Waals surface area contributed by atoms with Crippen LogP contribution in [0, 0.1) is 28.6 Å². The Morgan fingerprint density at radius 3 is 2.71 bits per heavy atom. The Morgan fingerprint density at radius 1 is 1.25 bits per heavy atom. The van der Waals surface area contributed by atoms with E-state index in [1.807, 2.05) is 11.9 Å². The molecular formula is C20H31NO3. The van der Waals surface area contributed by atoms with E-state index in [1.165, 1.54) is 6.42 Å². The van der Waals surface area contributed by atoms with Crippen LogP contribution in [0.15, 0.2) is 12.2 Å². The Bertz CT molecular complexity index is 575. The van der Waals surface area contributed by atoms with Gasteiger partial charge in [0.25, 0.3) is 0 Å². The number of aliphatic hydroxyl groups excluding tert-OH is 1. The van der Waals surface area contributed by atoms with Gasteiger partial charge in [-0.25, -0.2) is 0 Å². The van der Waals surface area contributed by atoms with Crippen LogP contribution in [-0.4, -0.2) is 48.3 Å². The smallest absolute Gasteiger partial charge is 0.246 e. The van der Waals surface area contributed by atoms with Crippen molar-refractivity contribution in [1.82, 2.24) is 4.90 Å². The van der Waals surface area contributed by atoms with Gasteiger partial charge in [-0.1, -0.05) is 19.9 Å². The van der Waals surface area contributed by atoms with Gasteiger partial charge in [0.2, 0.25) is 5.91 Å². The number of carbonyl (C=O) groups is 1. The molecule has 1 amide bonds. The molecule has 8 atom stereocenters. The first-order valence-corrected chi connectivity index (χ1v) is 9.50. The second-order valence-electron chi connectivity index (χ2n) is 9.12. The molecule has 0 bridgehead atoms. The molecule has 24 heavy (non-hydrogen) atoms. The summed E-state index contributed by atoms with van der Waals surface area (Å²) in [6, 6.07) is 0.324. The van der Waals surface area contributed by atoms with Crippen LogP contribution in [0.25, 0.3) is 0 Å². The molecule has 4 rings (SSSR count). The van der Waals surface area contributed by atoms with E-state index in [2.05, 4.69) is 19.9 Å². The minimum atomic E-state index is -0.342. The summed E-state index contributed by atoms with van der Waals surface area (Å²) in [4.78, 5) is 14.1. The van der Waals surface area contributed by atoms with Crippen molar-refractivity contribution in [1.29, 1.82) is 0 Å². The molecule has 0 spiro atoms. The van der Waals surface area contributed by atoms with Crippen molar-refractivity contribution < 1.29 is 14.6 Å². The highest BCUT2D eigenvalue weighted by molar-refractivity contribution is 5.89. The lowest BCUT2D eigenvalue weighted by Gasteiger charge is -2.59. The molecule has 0 aromatic rings. The summed E-state index contributed by atoms with van der Waals surface area (Å²) in [6.45, 7) is 4.63. The van der Waals surface area contributed by atoms with E-state index >= 15 is 0 Å². The molecule has 0 saturated heterocycles. The van der Waals surface area contributed by atoms with Gasteiger partial charge in [-0.3, -0.25) is 4.79 Å². The fraction of sp³-hybridized carbons (Fsp3) is 0.850. The number of carbonyl (C=O) groups excluding carboxylic acids is 1. The molecule has 134 valence electrons. The summed E-state index contributed by atoms with van der Waals surface area (Å²) < 4.78 is 5.61. The van der Waals surface area contributed by atoms with Gasteiger partial charge in [-0.05, 0) is 61.3 Å². The van der Waals surface area contributed by atoms with Crippen molar-refractivity contribution in [2.75, 3.05) is 14.2 Å². The van der Waals surface area contributed by atoms with Crippen molar-refractivity contribution in [2.24, 2.45) is 28.6 Å². The first kappa shape index (κ1) is 16.6. The summed E-state index contributed by atoms with van der Waals surface area (Å²) in [7, 11) is 3.69. The number of fused-ring (bicyclic) bond motifs is 5. The molecule has 0 aromatic heterocycles. The maximum atomic E-state index is 12.1. The van der Waals surface area contributed by atoms with E-state index in [0.717, 1.165) is 25.7 Å². The molecule has 3 unspecified atom stereocenters. The van der Waals surface area contributed by atoms with E-state index in [0.29, 0.717) is 23.8 Å². The first-order valence-electron chi connectivity index (χ1n) is 9.50. The van der Waals surface area contributed by atoms with E-state index < -0.39 is 0 Å². The average Bonchev–Trinajstić information content (AvgIpc) is 2.83. The van der Waals surface area contributed by atoms with Crippen LogP contribution in [0.1, 0.15) is 46.0 Å². The summed E-state index contributed by atoms with van der Waals surface area (Å²) >= 11 is 0. The Labute approximate surface area is 145 Å². The number of ether oxygens (including phenoxy) is 1. The van der Waals surface area contributed by atoms with E-state index in [1.54, 1.807) is 13.2 Å². The van der Waals surface area contributed by atoms with Gasteiger partial charge in [0.1, 0.15) is 0 Å². The van der Waals surface area contributed by atoms with Gasteiger partial charge in [-0.2, -0.15) is 0 Å². The van der Waals surface area contributed by atoms with Gasteiger partial charge in [0.05, 0.1) is 12.2 Å². The molecular weight excluding hydrogens is 302 g/mol. The second kappa shape index (κ2) is 5.31. The number of rotatable bonds is 1. The zero-order valence-electron chi connectivity index (χ0n) is 15.4. The van der Waals surface area contributed by atoms with Gasteiger partial charge < -0.3 is 14.7 Å². The fourth-order valence-corrected chi connectivity index (χ4v) is 6.93. The Morgan fingerprint density at radius 2 is 2.00 bits per heavy atom. The number of nitrogens with zero attached hydrogens (tertiary/aromatic N) is 1. The number of likely N-dealkylation sites (N-methyl/N-ethyl adjacent to an activating group) is 1. The van der Waals surface area contributed by atoms with Crippen LogP contribution in [0.3, 0.4) is 0 Å². The van der Waals surface area contributed by atoms with Crippen molar-refractivity contribution >= 4 is 5.91 Å². The summed E-state index contributed by atoms with van der Waals surface area (Å²) in [5.74, 6) is 1.91. The topological polar surface area (TPSA) is 49.8 Å². The molecule has 1 aliphatic heterocycles. The lowest BCUT2D eigenvalue weighted by Crippen LogP contribution is -2.59. The molecule has 3 aliphatic carbocycles. The standard InChI is InChI=1S/C20H31NO3/c1-19-10-8-17(22)21(3)16(19)6-5-12-13(19)7-9-20(2)14(12)11-15(24-4)18(20)23/h8,10,12-16,18,23H,5-7,9,11H2,1-4H3/t12-,13-,14+,15?,16?,18?,19-,20+/m1/s1. The second-order valence-corrected chi connectivity index (χ2v) is 9.12. The van der Waals surface area contributed by atoms with Crippen LogP contribution >= 0.6 is 0 Å². The number of aliphatic hydroxyl groups is 1. The monoisotopic (exact) mass is 333 g/mol. The Balaban J connectivity index is 1.68. The molecule has 3 fully saturated rings. The highest BCUT2D eigenvalue weighted by atomic mass is 16.5. The molecule has 0 radical (unpaired) electrons. The van der Waals surface area contributed by atoms with Crippen molar-refractivity contribution in [3.05, 3.63) is 12.2 Å². The molecule has 4 heteroatoms. The van der Waals surface area contributed by atoms with E-state index in [4.69, 9.17) is 4.74 Å². The van der Waals surface area contributed by atoms with Crippen molar-refractivity contribution in [2.45, 2.75) is 64.2 Å². The lowest BCUT2D eigenvalue weighted by atomic mass is 9.48. The normalized spacial score (nSPS) is 53.5. The third-order valence-corrected chi connectivity index (χ3v) is 8.38. The number of hydrogen-bond donors (Lipinski definition) is 1. The van der Waals surface area contributed by atoms with Gasteiger partial charge >= 0.3 is 0 Å². The van der Waals surface area contributed by atoms with Crippen LogP contribution in [0.2, 0.25) is 0 Å². The quantitative estimate of drug-likeness (QED) is 0.802. The number of amides is 1. The van der Waals surface area contributed by atoms with Crippen LogP contribution in [0.4, 0.5) is 0 Å². The predicted molar refractivity (Wildman–Crippen MR) is 92.3 cm³/mol. The minimum absolute atomic E-state index is 0.00879. The Hall–Kier alpha value is -0.870. The molecule has 3 saturated carbocycles. The van der Waals surface area contributed by atoms with Gasteiger partial charge in [-0.15, -0.1) is 0 Å². The third-order valence-electron chi connectivity index (χ3n) is 8.38. The first-order chi connectivity index (χ1) is 11.3. The SMILES string of the molecule is COC1C[C@H]2[C@@H]3CCC4N(C)C(=O)C=C[C@]4(C)[C@@H]3CC[C@]2(C)C1O. The van der Waals surface area contributed by atoms with Crippen LogP contribution in [-0.2, 0) is 9.53 Å². The maximum Gasteiger partial charge on any atom is 0.246 e. The fourth-order valence-electron chi connectivity index (χ4n) is 6.93. The van der Waals surface area contributed by atoms with Crippen LogP contribution in [0.5, 0.6) is 0 Å². The summed E-state index contributed by atoms with van der Waals surface area (Å²) in [6.07, 6.45) is 9.06. The van der Waals surface area contributed by atoms with Gasteiger partial charge in [0, 0.05) is 25.6 Å².